The number of halogens is 2. The second-order valence-electron chi connectivity index (χ2n) is 5.29. The maximum absolute atomic E-state index is 3.63. The summed E-state index contributed by atoms with van der Waals surface area (Å²) in [5, 5.41) is 3.63. The lowest BCUT2D eigenvalue weighted by atomic mass is 9.78. The van der Waals surface area contributed by atoms with E-state index in [0.717, 1.165) is 5.92 Å². The molecule has 2 aliphatic rings. The third-order valence-electron chi connectivity index (χ3n) is 4.53. The minimum absolute atomic E-state index is 0. The van der Waals surface area contributed by atoms with Crippen LogP contribution < -0.4 is 5.32 Å². The number of rotatable bonds is 1. The normalized spacial score (nSPS) is 29.8. The summed E-state index contributed by atoms with van der Waals surface area (Å²) in [5.74, 6) is 0.744. The van der Waals surface area contributed by atoms with E-state index in [9.17, 15) is 0 Å². The van der Waals surface area contributed by atoms with E-state index < -0.39 is 0 Å². The van der Waals surface area contributed by atoms with Crippen molar-refractivity contribution < 1.29 is 0 Å². The number of benzene rings is 1. The molecule has 0 radical (unpaired) electrons. The van der Waals surface area contributed by atoms with E-state index in [1.165, 1.54) is 25.9 Å². The summed E-state index contributed by atoms with van der Waals surface area (Å²) in [6, 6.07) is 8.96. The molecule has 1 aromatic rings. The topological polar surface area (TPSA) is 15.3 Å². The van der Waals surface area contributed by atoms with Crippen molar-refractivity contribution in [2.24, 2.45) is 5.92 Å². The van der Waals surface area contributed by atoms with Crippen LogP contribution in [0, 0.1) is 5.92 Å². The Hall–Kier alpha value is -0.280. The molecule has 102 valence electrons. The van der Waals surface area contributed by atoms with E-state index in [-0.39, 0.29) is 30.4 Å². The molecule has 1 aliphatic carbocycles. The lowest BCUT2D eigenvalue weighted by Crippen LogP contribution is -2.53. The highest BCUT2D eigenvalue weighted by atomic mass is 35.5. The van der Waals surface area contributed by atoms with Gasteiger partial charge < -0.3 is 10.2 Å². The summed E-state index contributed by atoms with van der Waals surface area (Å²) in [5.41, 5.74) is 3.36. The third kappa shape index (κ3) is 2.16. The van der Waals surface area contributed by atoms with Gasteiger partial charge in [-0.15, -0.1) is 24.8 Å². The molecule has 1 N–H and O–H groups in total. The minimum Gasteiger partial charge on any atom is -0.310 e. The van der Waals surface area contributed by atoms with Crippen molar-refractivity contribution in [2.75, 3.05) is 27.2 Å². The SMILES string of the molecule is CN[C@]12CCN(C)C[C@H]1Cc1ccccc12.Cl.Cl. The Labute approximate surface area is 122 Å². The van der Waals surface area contributed by atoms with Gasteiger partial charge in [0, 0.05) is 12.1 Å². The molecule has 2 atom stereocenters. The number of hydrogen-bond acceptors (Lipinski definition) is 2. The van der Waals surface area contributed by atoms with E-state index in [1.807, 2.05) is 0 Å². The Kier molecular flexibility index (Phi) is 5.07. The largest absolute Gasteiger partial charge is 0.310 e. The van der Waals surface area contributed by atoms with E-state index in [4.69, 9.17) is 0 Å². The van der Waals surface area contributed by atoms with Crippen LogP contribution in [-0.2, 0) is 12.0 Å². The molecule has 4 heteroatoms. The van der Waals surface area contributed by atoms with Gasteiger partial charge in [0.15, 0.2) is 0 Å². The average molecular weight is 289 g/mol. The summed E-state index contributed by atoms with van der Waals surface area (Å²) in [6.45, 7) is 2.42. The fourth-order valence-corrected chi connectivity index (χ4v) is 3.65. The van der Waals surface area contributed by atoms with Crippen LogP contribution in [0.1, 0.15) is 17.5 Å². The lowest BCUT2D eigenvalue weighted by Gasteiger charge is -2.43. The molecule has 2 nitrogen and oxygen atoms in total. The summed E-state index contributed by atoms with van der Waals surface area (Å²) in [6.07, 6.45) is 2.48. The number of nitrogens with one attached hydrogen (secondary N) is 1. The molecule has 0 aromatic heterocycles. The number of likely N-dealkylation sites (tertiary alicyclic amines) is 1. The molecule has 0 unspecified atom stereocenters. The molecule has 1 fully saturated rings. The van der Waals surface area contributed by atoms with Crippen LogP contribution in [0.3, 0.4) is 0 Å². The smallest absolute Gasteiger partial charge is 0.0491 e. The molecule has 18 heavy (non-hydrogen) atoms. The molecule has 1 heterocycles. The number of fused-ring (bicyclic) bond motifs is 3. The number of hydrogen-bond donors (Lipinski definition) is 1. The molecule has 0 spiro atoms. The predicted molar refractivity (Wildman–Crippen MR) is 81.0 cm³/mol. The Morgan fingerprint density at radius 1 is 1.28 bits per heavy atom. The molecule has 0 bridgehead atoms. The Morgan fingerprint density at radius 3 is 2.72 bits per heavy atom. The monoisotopic (exact) mass is 288 g/mol. The fourth-order valence-electron chi connectivity index (χ4n) is 3.65. The highest BCUT2D eigenvalue weighted by Crippen LogP contribution is 2.45. The molecular weight excluding hydrogens is 267 g/mol. The Morgan fingerprint density at radius 2 is 2.00 bits per heavy atom. The van der Waals surface area contributed by atoms with Gasteiger partial charge in [-0.05, 0) is 50.5 Å². The quantitative estimate of drug-likeness (QED) is 0.854. The zero-order valence-electron chi connectivity index (χ0n) is 11.0. The van der Waals surface area contributed by atoms with Gasteiger partial charge in [-0.2, -0.15) is 0 Å². The van der Waals surface area contributed by atoms with E-state index >= 15 is 0 Å². The first-order valence-electron chi connectivity index (χ1n) is 6.22. The van der Waals surface area contributed by atoms with Crippen molar-refractivity contribution in [1.29, 1.82) is 0 Å². The summed E-state index contributed by atoms with van der Waals surface area (Å²) in [7, 11) is 4.36. The first-order valence-corrected chi connectivity index (χ1v) is 6.22. The van der Waals surface area contributed by atoms with Crippen LogP contribution in [0.4, 0.5) is 0 Å². The predicted octanol–water partition coefficient (Wildman–Crippen LogP) is 2.45. The van der Waals surface area contributed by atoms with Gasteiger partial charge in [-0.3, -0.25) is 0 Å². The Balaban J connectivity index is 0.000000810. The zero-order valence-corrected chi connectivity index (χ0v) is 12.6. The van der Waals surface area contributed by atoms with Crippen LogP contribution in [0.15, 0.2) is 24.3 Å². The molecule has 1 aliphatic heterocycles. The molecular formula is C14H22Cl2N2. The number of piperidine rings is 1. The van der Waals surface area contributed by atoms with Crippen LogP contribution in [0.5, 0.6) is 0 Å². The van der Waals surface area contributed by atoms with Crippen molar-refractivity contribution in [1.82, 2.24) is 10.2 Å². The molecule has 1 saturated heterocycles. The molecule has 3 rings (SSSR count). The van der Waals surface area contributed by atoms with Crippen LogP contribution in [0.2, 0.25) is 0 Å². The maximum Gasteiger partial charge on any atom is 0.0491 e. The van der Waals surface area contributed by atoms with Gasteiger partial charge in [0.1, 0.15) is 0 Å². The van der Waals surface area contributed by atoms with Crippen LogP contribution in [-0.4, -0.2) is 32.1 Å². The third-order valence-corrected chi connectivity index (χ3v) is 4.53. The van der Waals surface area contributed by atoms with Crippen molar-refractivity contribution in [3.8, 4) is 0 Å². The van der Waals surface area contributed by atoms with Gasteiger partial charge in [0.25, 0.3) is 0 Å². The van der Waals surface area contributed by atoms with Crippen LogP contribution in [0.25, 0.3) is 0 Å². The minimum atomic E-state index is 0. The van der Waals surface area contributed by atoms with Crippen molar-refractivity contribution >= 4 is 24.8 Å². The number of nitrogens with zero attached hydrogens (tertiary/aromatic N) is 1. The first kappa shape index (κ1) is 15.8. The van der Waals surface area contributed by atoms with E-state index in [0.29, 0.717) is 0 Å². The van der Waals surface area contributed by atoms with Crippen molar-refractivity contribution in [2.45, 2.75) is 18.4 Å². The highest BCUT2D eigenvalue weighted by Gasteiger charge is 2.47. The fraction of sp³-hybridized carbons (Fsp3) is 0.571. The van der Waals surface area contributed by atoms with Gasteiger partial charge in [0.2, 0.25) is 0 Å². The van der Waals surface area contributed by atoms with E-state index in [2.05, 4.69) is 48.6 Å². The van der Waals surface area contributed by atoms with Gasteiger partial charge in [-0.1, -0.05) is 24.3 Å². The average Bonchev–Trinajstić information content (AvgIpc) is 2.63. The Bertz CT molecular complexity index is 411. The second-order valence-corrected chi connectivity index (χ2v) is 5.29. The van der Waals surface area contributed by atoms with Crippen molar-refractivity contribution in [3.05, 3.63) is 35.4 Å². The van der Waals surface area contributed by atoms with Gasteiger partial charge >= 0.3 is 0 Å². The maximum atomic E-state index is 3.63. The summed E-state index contributed by atoms with van der Waals surface area (Å²) in [4.78, 5) is 2.46. The molecule has 0 saturated carbocycles. The highest BCUT2D eigenvalue weighted by molar-refractivity contribution is 5.85. The standard InChI is InChI=1S/C14H20N2.2ClH/c1-15-14-7-8-16(2)10-12(14)9-11-5-3-4-6-13(11)14;;/h3-6,12,15H,7-10H2,1-2H3;2*1H/t12-,14-;;/m1../s1. The summed E-state index contributed by atoms with van der Waals surface area (Å²) >= 11 is 0. The van der Waals surface area contributed by atoms with Crippen LogP contribution >= 0.6 is 24.8 Å². The second kappa shape index (κ2) is 5.79. The zero-order chi connectivity index (χ0) is 11.2. The first-order chi connectivity index (χ1) is 7.76. The van der Waals surface area contributed by atoms with Crippen molar-refractivity contribution in [3.63, 3.8) is 0 Å². The van der Waals surface area contributed by atoms with E-state index in [1.54, 1.807) is 11.1 Å². The molecule has 0 amide bonds. The molecule has 1 aromatic carbocycles. The summed E-state index contributed by atoms with van der Waals surface area (Å²) < 4.78 is 0. The van der Waals surface area contributed by atoms with Gasteiger partial charge in [0.05, 0.1) is 0 Å². The van der Waals surface area contributed by atoms with Gasteiger partial charge in [-0.25, -0.2) is 0 Å². The lowest BCUT2D eigenvalue weighted by molar-refractivity contribution is 0.103.